The van der Waals surface area contributed by atoms with Crippen LogP contribution in [0.25, 0.3) is 11.0 Å². The quantitative estimate of drug-likeness (QED) is 0.328. The van der Waals surface area contributed by atoms with Gasteiger partial charge in [0.15, 0.2) is 16.9 Å². The maximum absolute atomic E-state index is 13.7. The number of benzene rings is 3. The SMILES string of the molecule is CCOc1cc([C@H]2c3c(oc4ccccc4c3=O)C(=O)N2CCN(C)C)ccc1OCc1ccccc1. The first-order valence-corrected chi connectivity index (χ1v) is 12.4. The molecule has 1 atom stereocenters. The van der Waals surface area contributed by atoms with E-state index < -0.39 is 6.04 Å². The maximum atomic E-state index is 13.7. The second-order valence-corrected chi connectivity index (χ2v) is 9.29. The molecule has 0 saturated carbocycles. The fraction of sp³-hybridized carbons (Fsp3) is 0.267. The van der Waals surface area contributed by atoms with Crippen LogP contribution in [0, 0.1) is 0 Å². The van der Waals surface area contributed by atoms with Gasteiger partial charge in [-0.2, -0.15) is 0 Å². The first kappa shape index (κ1) is 24.6. The molecule has 7 nitrogen and oxygen atoms in total. The van der Waals surface area contributed by atoms with E-state index in [1.807, 2.05) is 74.4 Å². The standard InChI is InChI=1S/C30H30N2O5/c1-4-35-25-18-21(14-15-24(25)36-19-20-10-6-5-7-11-20)27-26-28(33)22-12-8-9-13-23(22)37-29(26)30(34)32(27)17-16-31(2)3/h5-15,18,27H,4,16-17,19H2,1-3H3/t27-/m0/s1. The first-order valence-electron chi connectivity index (χ1n) is 12.4. The summed E-state index contributed by atoms with van der Waals surface area (Å²) in [7, 11) is 3.90. The van der Waals surface area contributed by atoms with E-state index in [9.17, 15) is 9.59 Å². The Morgan fingerprint density at radius 2 is 1.68 bits per heavy atom. The van der Waals surface area contributed by atoms with Gasteiger partial charge >= 0.3 is 0 Å². The Morgan fingerprint density at radius 1 is 0.919 bits per heavy atom. The topological polar surface area (TPSA) is 72.2 Å². The highest BCUT2D eigenvalue weighted by Gasteiger charge is 2.42. The number of hydrogen-bond donors (Lipinski definition) is 0. The number of carbonyl (C=O) groups is 1. The molecule has 0 spiro atoms. The van der Waals surface area contributed by atoms with Gasteiger partial charge in [0.1, 0.15) is 12.2 Å². The second-order valence-electron chi connectivity index (χ2n) is 9.29. The zero-order valence-corrected chi connectivity index (χ0v) is 21.3. The highest BCUT2D eigenvalue weighted by Crippen LogP contribution is 2.41. The number of fused-ring (bicyclic) bond motifs is 2. The second kappa shape index (κ2) is 10.5. The van der Waals surface area contributed by atoms with Crippen molar-refractivity contribution < 1.29 is 18.7 Å². The monoisotopic (exact) mass is 498 g/mol. The molecule has 0 unspecified atom stereocenters. The minimum absolute atomic E-state index is 0.106. The molecule has 1 aromatic heterocycles. The van der Waals surface area contributed by atoms with Crippen LogP contribution in [-0.2, 0) is 6.61 Å². The van der Waals surface area contributed by atoms with Crippen LogP contribution in [0.3, 0.4) is 0 Å². The van der Waals surface area contributed by atoms with Gasteiger partial charge in [-0.25, -0.2) is 0 Å². The number of nitrogens with zero attached hydrogens (tertiary/aromatic N) is 2. The lowest BCUT2D eigenvalue weighted by Gasteiger charge is -2.27. The third-order valence-electron chi connectivity index (χ3n) is 6.48. The molecule has 1 aliphatic heterocycles. The summed E-state index contributed by atoms with van der Waals surface area (Å²) in [5, 5.41) is 0.460. The molecule has 0 radical (unpaired) electrons. The molecule has 0 N–H and O–H groups in total. The molecule has 0 saturated heterocycles. The molecule has 0 aliphatic carbocycles. The van der Waals surface area contributed by atoms with Crippen LogP contribution in [-0.4, -0.2) is 49.5 Å². The van der Waals surface area contributed by atoms with Crippen LogP contribution in [0.5, 0.6) is 11.5 Å². The van der Waals surface area contributed by atoms with Crippen LogP contribution in [0.15, 0.2) is 82.0 Å². The molecule has 5 rings (SSSR count). The molecular formula is C30H30N2O5. The Labute approximate surface area is 215 Å². The average molecular weight is 499 g/mol. The molecule has 2 heterocycles. The lowest BCUT2D eigenvalue weighted by molar-refractivity contribution is 0.0716. The van der Waals surface area contributed by atoms with Gasteiger partial charge in [-0.05, 0) is 56.4 Å². The summed E-state index contributed by atoms with van der Waals surface area (Å²) in [4.78, 5) is 30.9. The molecule has 37 heavy (non-hydrogen) atoms. The largest absolute Gasteiger partial charge is 0.490 e. The van der Waals surface area contributed by atoms with E-state index in [4.69, 9.17) is 13.9 Å². The lowest BCUT2D eigenvalue weighted by Crippen LogP contribution is -2.35. The van der Waals surface area contributed by atoms with Gasteiger partial charge < -0.3 is 23.7 Å². The average Bonchev–Trinajstić information content (AvgIpc) is 3.19. The number of rotatable bonds is 9. The van der Waals surface area contributed by atoms with Crippen LogP contribution in [0.2, 0.25) is 0 Å². The summed E-state index contributed by atoms with van der Waals surface area (Å²) in [6.45, 7) is 3.83. The molecule has 0 bridgehead atoms. The Kier molecular flexibility index (Phi) is 6.97. The fourth-order valence-corrected chi connectivity index (χ4v) is 4.67. The first-order chi connectivity index (χ1) is 18.0. The zero-order valence-electron chi connectivity index (χ0n) is 21.3. The summed E-state index contributed by atoms with van der Waals surface area (Å²) in [6, 6.07) is 22.0. The summed E-state index contributed by atoms with van der Waals surface area (Å²) >= 11 is 0. The Morgan fingerprint density at radius 3 is 2.43 bits per heavy atom. The Balaban J connectivity index is 1.58. The van der Waals surface area contributed by atoms with Crippen molar-refractivity contribution in [1.29, 1.82) is 0 Å². The normalized spacial score (nSPS) is 14.9. The van der Waals surface area contributed by atoms with Gasteiger partial charge in [0.2, 0.25) is 5.76 Å². The predicted molar refractivity (Wildman–Crippen MR) is 142 cm³/mol. The summed E-state index contributed by atoms with van der Waals surface area (Å²) in [6.07, 6.45) is 0. The van der Waals surface area contributed by atoms with Crippen LogP contribution < -0.4 is 14.9 Å². The third-order valence-corrected chi connectivity index (χ3v) is 6.48. The maximum Gasteiger partial charge on any atom is 0.290 e. The van der Waals surface area contributed by atoms with Gasteiger partial charge in [-0.15, -0.1) is 0 Å². The van der Waals surface area contributed by atoms with E-state index >= 15 is 0 Å². The van der Waals surface area contributed by atoms with Crippen molar-refractivity contribution in [3.05, 3.63) is 105 Å². The smallest absolute Gasteiger partial charge is 0.290 e. The third kappa shape index (κ3) is 4.82. The van der Waals surface area contributed by atoms with Crippen LogP contribution in [0.4, 0.5) is 0 Å². The zero-order chi connectivity index (χ0) is 25.9. The van der Waals surface area contributed by atoms with E-state index in [0.717, 1.165) is 11.1 Å². The number of amides is 1. The molecule has 3 aromatic carbocycles. The molecule has 1 amide bonds. The molecule has 190 valence electrons. The van der Waals surface area contributed by atoms with Crippen molar-refractivity contribution in [1.82, 2.24) is 9.80 Å². The van der Waals surface area contributed by atoms with Crippen molar-refractivity contribution in [3.63, 3.8) is 0 Å². The van der Waals surface area contributed by atoms with E-state index in [2.05, 4.69) is 0 Å². The van der Waals surface area contributed by atoms with Crippen molar-refractivity contribution in [2.45, 2.75) is 19.6 Å². The minimum atomic E-state index is -0.592. The number of ether oxygens (including phenoxy) is 2. The van der Waals surface area contributed by atoms with Gasteiger partial charge in [0.05, 0.1) is 23.6 Å². The molecule has 1 aliphatic rings. The number of hydrogen-bond acceptors (Lipinski definition) is 6. The van der Waals surface area contributed by atoms with Gasteiger partial charge in [0.25, 0.3) is 5.91 Å². The summed E-state index contributed by atoms with van der Waals surface area (Å²) in [5.74, 6) is 0.987. The van der Waals surface area contributed by atoms with Crippen molar-refractivity contribution in [3.8, 4) is 11.5 Å². The predicted octanol–water partition coefficient (Wildman–Crippen LogP) is 4.88. The van der Waals surface area contributed by atoms with Gasteiger partial charge in [-0.3, -0.25) is 9.59 Å². The lowest BCUT2D eigenvalue weighted by atomic mass is 9.98. The highest BCUT2D eigenvalue weighted by atomic mass is 16.5. The van der Waals surface area contributed by atoms with E-state index in [1.165, 1.54) is 0 Å². The van der Waals surface area contributed by atoms with E-state index in [1.54, 1.807) is 29.2 Å². The Hall–Kier alpha value is -4.10. The molecule has 7 heteroatoms. The van der Waals surface area contributed by atoms with Crippen molar-refractivity contribution in [2.24, 2.45) is 0 Å². The fourth-order valence-electron chi connectivity index (χ4n) is 4.67. The summed E-state index contributed by atoms with van der Waals surface area (Å²) in [5.41, 5.74) is 2.40. The number of likely N-dealkylation sites (N-methyl/N-ethyl adjacent to an activating group) is 1. The van der Waals surface area contributed by atoms with Crippen LogP contribution in [0.1, 0.15) is 40.2 Å². The van der Waals surface area contributed by atoms with E-state index in [0.29, 0.717) is 54.3 Å². The van der Waals surface area contributed by atoms with E-state index in [-0.39, 0.29) is 17.1 Å². The number of para-hydroxylation sites is 1. The van der Waals surface area contributed by atoms with Crippen LogP contribution >= 0.6 is 0 Å². The molecular weight excluding hydrogens is 468 g/mol. The highest BCUT2D eigenvalue weighted by molar-refractivity contribution is 5.99. The van der Waals surface area contributed by atoms with Crippen molar-refractivity contribution in [2.75, 3.05) is 33.8 Å². The molecule has 4 aromatic rings. The minimum Gasteiger partial charge on any atom is -0.490 e. The van der Waals surface area contributed by atoms with Crippen molar-refractivity contribution >= 4 is 16.9 Å². The van der Waals surface area contributed by atoms with Gasteiger partial charge in [-0.1, -0.05) is 48.5 Å². The number of carbonyl (C=O) groups excluding carboxylic acids is 1. The van der Waals surface area contributed by atoms with Gasteiger partial charge in [0, 0.05) is 13.1 Å². The Bertz CT molecular complexity index is 1480. The summed E-state index contributed by atoms with van der Waals surface area (Å²) < 4.78 is 18.0. The molecule has 0 fully saturated rings.